The highest BCUT2D eigenvalue weighted by atomic mass is 35.5. The Hall–Kier alpha value is -2.73. The van der Waals surface area contributed by atoms with Gasteiger partial charge in [0.05, 0.1) is 17.6 Å². The molecule has 0 amide bonds. The van der Waals surface area contributed by atoms with Crippen molar-refractivity contribution in [2.24, 2.45) is 0 Å². The Bertz CT molecular complexity index is 923. The topological polar surface area (TPSA) is 57.0 Å². The molecule has 3 rings (SSSR count). The largest absolute Gasteiger partial charge is 0.457 e. The van der Waals surface area contributed by atoms with E-state index in [1.54, 1.807) is 42.8 Å². The number of hydrogen-bond donors (Lipinski definition) is 0. The van der Waals surface area contributed by atoms with Gasteiger partial charge in [-0.15, -0.1) is 0 Å². The fourth-order valence-electron chi connectivity index (χ4n) is 2.39. The molecule has 128 valence electrons. The van der Waals surface area contributed by atoms with Crippen LogP contribution in [0.1, 0.15) is 27.3 Å². The van der Waals surface area contributed by atoms with E-state index in [1.165, 1.54) is 18.3 Å². The summed E-state index contributed by atoms with van der Waals surface area (Å²) in [6.07, 6.45) is 1.44. The van der Waals surface area contributed by atoms with Gasteiger partial charge in [0.2, 0.25) is 0 Å². The van der Waals surface area contributed by atoms with Gasteiger partial charge >= 0.3 is 5.97 Å². The Morgan fingerprint density at radius 1 is 1.20 bits per heavy atom. The summed E-state index contributed by atoms with van der Waals surface area (Å²) >= 11 is 5.81. The molecule has 0 radical (unpaired) electrons. The van der Waals surface area contributed by atoms with Crippen LogP contribution >= 0.6 is 11.6 Å². The minimum Gasteiger partial charge on any atom is -0.457 e. The van der Waals surface area contributed by atoms with E-state index in [4.69, 9.17) is 16.3 Å². The fraction of sp³-hybridized carbons (Fsp3) is 0.167. The van der Waals surface area contributed by atoms with Crippen LogP contribution in [0, 0.1) is 19.7 Å². The highest BCUT2D eigenvalue weighted by Crippen LogP contribution is 2.17. The molecule has 0 N–H and O–H groups in total. The number of pyridine rings is 1. The lowest BCUT2D eigenvalue weighted by molar-refractivity contribution is 0.0471. The van der Waals surface area contributed by atoms with Gasteiger partial charge in [-0.2, -0.15) is 5.10 Å². The summed E-state index contributed by atoms with van der Waals surface area (Å²) in [5.41, 5.74) is 3.11. The van der Waals surface area contributed by atoms with Gasteiger partial charge in [0, 0.05) is 11.3 Å². The van der Waals surface area contributed by atoms with Crippen LogP contribution < -0.4 is 0 Å². The number of carbonyl (C=O) groups excluding carboxylic acids is 1. The Balaban J connectivity index is 1.75. The SMILES string of the molecule is Cc1nc(Cl)ccc1COC(=O)c1cnn(-c2ccc(F)cc2)c1C. The van der Waals surface area contributed by atoms with Crippen LogP contribution in [0.2, 0.25) is 5.15 Å². The Morgan fingerprint density at radius 2 is 1.92 bits per heavy atom. The van der Waals surface area contributed by atoms with E-state index in [0.29, 0.717) is 27.8 Å². The molecule has 1 aromatic carbocycles. The molecule has 0 fully saturated rings. The molecule has 0 saturated heterocycles. The summed E-state index contributed by atoms with van der Waals surface area (Å²) in [7, 11) is 0. The second-order valence-electron chi connectivity index (χ2n) is 5.49. The molecule has 0 aliphatic rings. The number of benzene rings is 1. The molecule has 0 unspecified atom stereocenters. The van der Waals surface area contributed by atoms with Gasteiger partial charge in [0.1, 0.15) is 23.1 Å². The molecule has 0 atom stereocenters. The van der Waals surface area contributed by atoms with Crippen molar-refractivity contribution >= 4 is 17.6 Å². The van der Waals surface area contributed by atoms with E-state index in [0.717, 1.165) is 5.56 Å². The maximum Gasteiger partial charge on any atom is 0.341 e. The standard InChI is InChI=1S/C18H15ClFN3O2/c1-11-13(3-8-17(19)22-11)10-25-18(24)16-9-21-23(12(16)2)15-6-4-14(20)5-7-15/h3-9H,10H2,1-2H3. The monoisotopic (exact) mass is 359 g/mol. The highest BCUT2D eigenvalue weighted by Gasteiger charge is 2.17. The molecule has 0 aliphatic heterocycles. The Morgan fingerprint density at radius 3 is 2.60 bits per heavy atom. The molecule has 0 spiro atoms. The van der Waals surface area contributed by atoms with Crippen LogP contribution in [0.5, 0.6) is 0 Å². The predicted molar refractivity (Wildman–Crippen MR) is 91.4 cm³/mol. The van der Waals surface area contributed by atoms with Crippen LogP contribution in [0.4, 0.5) is 4.39 Å². The average molecular weight is 360 g/mol. The first-order valence-electron chi connectivity index (χ1n) is 7.55. The molecule has 2 heterocycles. The zero-order chi connectivity index (χ0) is 18.0. The molecule has 7 heteroatoms. The number of hydrogen-bond acceptors (Lipinski definition) is 4. The van der Waals surface area contributed by atoms with Crippen molar-refractivity contribution in [1.29, 1.82) is 0 Å². The molecule has 5 nitrogen and oxygen atoms in total. The van der Waals surface area contributed by atoms with Gasteiger partial charge in [0.15, 0.2) is 0 Å². The third kappa shape index (κ3) is 3.69. The first-order valence-corrected chi connectivity index (χ1v) is 7.93. The maximum absolute atomic E-state index is 13.0. The average Bonchev–Trinajstić information content (AvgIpc) is 2.96. The number of ether oxygens (including phenoxy) is 1. The molecule has 2 aromatic heterocycles. The van der Waals surface area contributed by atoms with Crippen molar-refractivity contribution in [2.45, 2.75) is 20.5 Å². The minimum absolute atomic E-state index is 0.0933. The lowest BCUT2D eigenvalue weighted by Crippen LogP contribution is -2.08. The van der Waals surface area contributed by atoms with Gasteiger partial charge in [-0.25, -0.2) is 18.9 Å². The number of halogens is 2. The van der Waals surface area contributed by atoms with Crippen molar-refractivity contribution in [3.8, 4) is 5.69 Å². The maximum atomic E-state index is 13.0. The zero-order valence-electron chi connectivity index (χ0n) is 13.7. The van der Waals surface area contributed by atoms with Crippen molar-refractivity contribution in [2.75, 3.05) is 0 Å². The summed E-state index contributed by atoms with van der Waals surface area (Å²) in [5.74, 6) is -0.819. The van der Waals surface area contributed by atoms with Crippen LogP contribution in [0.15, 0.2) is 42.6 Å². The molecule has 0 aliphatic carbocycles. The summed E-state index contributed by atoms with van der Waals surface area (Å²) in [6.45, 7) is 3.64. The van der Waals surface area contributed by atoms with E-state index in [-0.39, 0.29) is 12.4 Å². The Kier molecular flexibility index (Phi) is 4.81. The fourth-order valence-corrected chi connectivity index (χ4v) is 2.58. The van der Waals surface area contributed by atoms with Gasteiger partial charge in [-0.05, 0) is 44.2 Å². The molecule has 0 saturated carbocycles. The highest BCUT2D eigenvalue weighted by molar-refractivity contribution is 6.29. The summed E-state index contributed by atoms with van der Waals surface area (Å²) in [6, 6.07) is 9.28. The summed E-state index contributed by atoms with van der Waals surface area (Å²) < 4.78 is 19.9. The first kappa shape index (κ1) is 17.1. The zero-order valence-corrected chi connectivity index (χ0v) is 14.4. The molecular formula is C18H15ClFN3O2. The van der Waals surface area contributed by atoms with Gasteiger partial charge < -0.3 is 4.74 Å². The van der Waals surface area contributed by atoms with E-state index in [9.17, 15) is 9.18 Å². The van der Waals surface area contributed by atoms with E-state index < -0.39 is 5.97 Å². The van der Waals surface area contributed by atoms with Gasteiger partial charge in [-0.1, -0.05) is 17.7 Å². The third-order valence-corrected chi connectivity index (χ3v) is 4.03. The van der Waals surface area contributed by atoms with Crippen molar-refractivity contribution in [3.63, 3.8) is 0 Å². The predicted octanol–water partition coefficient (Wildman–Crippen LogP) is 4.03. The van der Waals surface area contributed by atoms with Crippen LogP contribution in [-0.2, 0) is 11.3 Å². The van der Waals surface area contributed by atoms with Crippen LogP contribution in [0.3, 0.4) is 0 Å². The number of nitrogens with zero attached hydrogens (tertiary/aromatic N) is 3. The molecular weight excluding hydrogens is 345 g/mol. The van der Waals surface area contributed by atoms with Crippen molar-refractivity contribution in [1.82, 2.24) is 14.8 Å². The second-order valence-corrected chi connectivity index (χ2v) is 5.87. The van der Waals surface area contributed by atoms with Gasteiger partial charge in [0.25, 0.3) is 0 Å². The number of carbonyl (C=O) groups is 1. The summed E-state index contributed by atoms with van der Waals surface area (Å²) in [4.78, 5) is 16.5. The van der Waals surface area contributed by atoms with Gasteiger partial charge in [-0.3, -0.25) is 0 Å². The van der Waals surface area contributed by atoms with E-state index in [1.807, 2.05) is 0 Å². The van der Waals surface area contributed by atoms with Crippen LogP contribution in [-0.4, -0.2) is 20.7 Å². The molecule has 3 aromatic rings. The molecule has 25 heavy (non-hydrogen) atoms. The van der Waals surface area contributed by atoms with Crippen molar-refractivity contribution in [3.05, 3.63) is 76.1 Å². The minimum atomic E-state index is -0.486. The van der Waals surface area contributed by atoms with E-state index in [2.05, 4.69) is 10.1 Å². The number of rotatable bonds is 4. The normalized spacial score (nSPS) is 10.7. The molecule has 0 bridgehead atoms. The van der Waals surface area contributed by atoms with Crippen LogP contribution in [0.25, 0.3) is 5.69 Å². The first-order chi connectivity index (χ1) is 12.0. The number of esters is 1. The van der Waals surface area contributed by atoms with E-state index >= 15 is 0 Å². The second kappa shape index (κ2) is 7.03. The smallest absolute Gasteiger partial charge is 0.341 e. The lowest BCUT2D eigenvalue weighted by Gasteiger charge is -2.08. The number of aromatic nitrogens is 3. The quantitative estimate of drug-likeness (QED) is 0.521. The van der Waals surface area contributed by atoms with Crippen molar-refractivity contribution < 1.29 is 13.9 Å². The Labute approximate surface area is 149 Å². The summed E-state index contributed by atoms with van der Waals surface area (Å²) in [5, 5.41) is 4.58. The third-order valence-electron chi connectivity index (χ3n) is 3.82. The lowest BCUT2D eigenvalue weighted by atomic mass is 10.2. The number of aryl methyl sites for hydroxylation is 1.